The predicted molar refractivity (Wildman–Crippen MR) is 83.5 cm³/mol. The van der Waals surface area contributed by atoms with E-state index in [9.17, 15) is 18.0 Å². The van der Waals surface area contributed by atoms with E-state index in [4.69, 9.17) is 10.5 Å². The lowest BCUT2D eigenvalue weighted by Crippen LogP contribution is -2.40. The molecule has 3 rings (SSSR count). The van der Waals surface area contributed by atoms with Gasteiger partial charge in [-0.15, -0.1) is 0 Å². The second-order valence-corrected chi connectivity index (χ2v) is 5.96. The summed E-state index contributed by atoms with van der Waals surface area (Å²) >= 11 is 0. The van der Waals surface area contributed by atoms with Gasteiger partial charge in [0.1, 0.15) is 12.4 Å². The summed E-state index contributed by atoms with van der Waals surface area (Å²) in [6.07, 6.45) is -2.49. The summed E-state index contributed by atoms with van der Waals surface area (Å²) in [5.74, 6) is -0.457. The van der Waals surface area contributed by atoms with Gasteiger partial charge in [0.25, 0.3) is 0 Å². The van der Waals surface area contributed by atoms with Crippen LogP contribution in [0.4, 0.5) is 19.0 Å². The molecule has 136 valence electrons. The molecule has 0 saturated carbocycles. The molecule has 0 aromatic carbocycles. The zero-order valence-electron chi connectivity index (χ0n) is 13.6. The monoisotopic (exact) mass is 357 g/mol. The quantitative estimate of drug-likeness (QED) is 0.878. The van der Waals surface area contributed by atoms with Crippen molar-refractivity contribution in [3.05, 3.63) is 17.3 Å². The number of methoxy groups -OCH3 is 1. The number of rotatable bonds is 3. The Kier molecular flexibility index (Phi) is 4.55. The molecule has 10 heteroatoms. The first kappa shape index (κ1) is 17.5. The summed E-state index contributed by atoms with van der Waals surface area (Å²) in [5.41, 5.74) is 4.74. The molecule has 7 nitrogen and oxygen atoms in total. The summed E-state index contributed by atoms with van der Waals surface area (Å²) in [6, 6.07) is 0.428. The van der Waals surface area contributed by atoms with Crippen molar-refractivity contribution in [2.45, 2.75) is 31.5 Å². The van der Waals surface area contributed by atoms with Gasteiger partial charge in [-0.3, -0.25) is 9.89 Å². The number of piperidine rings is 1. The fraction of sp³-hybridized carbons (Fsp3) is 0.533. The Hall–Kier alpha value is -2.36. The SMILES string of the molecule is COCC(=O)N1CCCCC1c1cc(C(F)(F)F)c2c(N)[nH]nc2n1. The lowest BCUT2D eigenvalue weighted by Gasteiger charge is -2.35. The van der Waals surface area contributed by atoms with Crippen LogP contribution in [-0.2, 0) is 15.7 Å². The molecular weight excluding hydrogens is 339 g/mol. The number of hydrogen-bond acceptors (Lipinski definition) is 5. The molecule has 1 amide bonds. The number of aromatic nitrogens is 3. The van der Waals surface area contributed by atoms with E-state index in [-0.39, 0.29) is 35.1 Å². The maximum atomic E-state index is 13.5. The molecule has 0 bridgehead atoms. The molecule has 1 aliphatic rings. The molecule has 1 aliphatic heterocycles. The minimum atomic E-state index is -4.61. The predicted octanol–water partition coefficient (Wildman–Crippen LogP) is 2.26. The number of pyridine rings is 1. The molecule has 3 N–H and O–H groups in total. The average molecular weight is 357 g/mol. The molecule has 2 aromatic heterocycles. The highest BCUT2D eigenvalue weighted by Crippen LogP contribution is 2.39. The number of halogens is 3. The number of ether oxygens (including phenoxy) is 1. The molecular formula is C15H18F3N5O2. The van der Waals surface area contributed by atoms with Crippen molar-refractivity contribution in [2.75, 3.05) is 26.0 Å². The first-order chi connectivity index (χ1) is 11.8. The number of amides is 1. The normalized spacial score (nSPS) is 18.7. The number of carbonyl (C=O) groups excluding carboxylic acids is 1. The average Bonchev–Trinajstić information content (AvgIpc) is 2.94. The van der Waals surface area contributed by atoms with Gasteiger partial charge in [0.2, 0.25) is 5.91 Å². The van der Waals surface area contributed by atoms with Gasteiger partial charge < -0.3 is 15.4 Å². The Labute approximate surface area is 141 Å². The van der Waals surface area contributed by atoms with Gasteiger partial charge >= 0.3 is 6.18 Å². The van der Waals surface area contributed by atoms with Gasteiger partial charge in [-0.2, -0.15) is 18.3 Å². The Morgan fingerprint density at radius 3 is 2.92 bits per heavy atom. The van der Waals surface area contributed by atoms with Crippen LogP contribution in [0.3, 0.4) is 0 Å². The molecule has 0 aliphatic carbocycles. The molecule has 0 radical (unpaired) electrons. The van der Waals surface area contributed by atoms with Gasteiger partial charge in [0.15, 0.2) is 5.65 Å². The van der Waals surface area contributed by atoms with Crippen LogP contribution in [0.15, 0.2) is 6.07 Å². The van der Waals surface area contributed by atoms with Crippen LogP contribution in [0, 0.1) is 0 Å². The van der Waals surface area contributed by atoms with E-state index < -0.39 is 17.8 Å². The number of likely N-dealkylation sites (tertiary alicyclic amines) is 1. The zero-order valence-corrected chi connectivity index (χ0v) is 13.6. The van der Waals surface area contributed by atoms with Crippen molar-refractivity contribution in [1.29, 1.82) is 0 Å². The number of aromatic amines is 1. The van der Waals surface area contributed by atoms with Gasteiger partial charge in [-0.05, 0) is 25.3 Å². The van der Waals surface area contributed by atoms with Gasteiger partial charge in [-0.25, -0.2) is 4.98 Å². The summed E-state index contributed by atoms with van der Waals surface area (Å²) in [7, 11) is 1.40. The number of alkyl halides is 3. The molecule has 1 unspecified atom stereocenters. The van der Waals surface area contributed by atoms with Gasteiger partial charge in [-0.1, -0.05) is 0 Å². The number of H-pyrrole nitrogens is 1. The maximum Gasteiger partial charge on any atom is 0.417 e. The second-order valence-electron chi connectivity index (χ2n) is 5.96. The summed E-state index contributed by atoms with van der Waals surface area (Å²) in [6.45, 7) is 0.330. The standard InChI is InChI=1S/C15H18F3N5O2/c1-25-7-11(24)23-5-3-2-4-10(23)9-6-8(15(16,17)18)12-13(19)21-22-14(12)20-9/h6,10H,2-5,7H2,1H3,(H3,19,20,21,22). The van der Waals surface area contributed by atoms with Gasteiger partial charge in [0.05, 0.1) is 22.7 Å². The van der Waals surface area contributed by atoms with Crippen LogP contribution >= 0.6 is 0 Å². The van der Waals surface area contributed by atoms with Crippen LogP contribution in [0.2, 0.25) is 0 Å². The molecule has 25 heavy (non-hydrogen) atoms. The minimum absolute atomic E-state index is 0.105. The van der Waals surface area contributed by atoms with E-state index in [2.05, 4.69) is 15.2 Å². The van der Waals surface area contributed by atoms with Crippen molar-refractivity contribution in [1.82, 2.24) is 20.1 Å². The summed E-state index contributed by atoms with van der Waals surface area (Å²) in [5, 5.41) is 5.85. The van der Waals surface area contributed by atoms with Crippen LogP contribution in [0.25, 0.3) is 11.0 Å². The zero-order chi connectivity index (χ0) is 18.2. The number of carbonyl (C=O) groups is 1. The molecule has 2 aromatic rings. The fourth-order valence-electron chi connectivity index (χ4n) is 3.20. The highest BCUT2D eigenvalue weighted by molar-refractivity contribution is 5.90. The van der Waals surface area contributed by atoms with Gasteiger partial charge in [0, 0.05) is 13.7 Å². The highest BCUT2D eigenvalue weighted by Gasteiger charge is 2.37. The Morgan fingerprint density at radius 1 is 1.48 bits per heavy atom. The lowest BCUT2D eigenvalue weighted by molar-refractivity contribution is -0.139. The first-order valence-corrected chi connectivity index (χ1v) is 7.83. The fourth-order valence-corrected chi connectivity index (χ4v) is 3.20. The Morgan fingerprint density at radius 2 is 2.24 bits per heavy atom. The topological polar surface area (TPSA) is 97.1 Å². The van der Waals surface area contributed by atoms with Crippen molar-refractivity contribution < 1.29 is 22.7 Å². The number of anilines is 1. The van der Waals surface area contributed by atoms with E-state index in [0.29, 0.717) is 13.0 Å². The number of nitrogens with one attached hydrogen (secondary N) is 1. The highest BCUT2D eigenvalue weighted by atomic mass is 19.4. The lowest BCUT2D eigenvalue weighted by atomic mass is 9.97. The van der Waals surface area contributed by atoms with E-state index in [0.717, 1.165) is 18.9 Å². The van der Waals surface area contributed by atoms with Crippen LogP contribution in [0.5, 0.6) is 0 Å². The molecule has 1 fully saturated rings. The van der Waals surface area contributed by atoms with Crippen molar-refractivity contribution >= 4 is 22.8 Å². The summed E-state index contributed by atoms with van der Waals surface area (Å²) < 4.78 is 45.3. The Balaban J connectivity index is 2.09. The number of hydrogen-bond donors (Lipinski definition) is 2. The number of fused-ring (bicyclic) bond motifs is 1. The van der Waals surface area contributed by atoms with Crippen LogP contribution < -0.4 is 5.73 Å². The third-order valence-corrected chi connectivity index (χ3v) is 4.31. The first-order valence-electron chi connectivity index (χ1n) is 7.83. The minimum Gasteiger partial charge on any atom is -0.383 e. The number of nitrogens with zero attached hydrogens (tertiary/aromatic N) is 3. The van der Waals surface area contributed by atoms with Crippen molar-refractivity contribution in [2.24, 2.45) is 0 Å². The van der Waals surface area contributed by atoms with E-state index in [1.807, 2.05) is 0 Å². The molecule has 3 heterocycles. The van der Waals surface area contributed by atoms with E-state index in [1.165, 1.54) is 12.0 Å². The van der Waals surface area contributed by atoms with E-state index in [1.54, 1.807) is 0 Å². The Bertz CT molecular complexity index is 789. The number of nitrogen functional groups attached to an aromatic ring is 1. The van der Waals surface area contributed by atoms with Crippen molar-refractivity contribution in [3.63, 3.8) is 0 Å². The van der Waals surface area contributed by atoms with Crippen LogP contribution in [-0.4, -0.2) is 46.2 Å². The smallest absolute Gasteiger partial charge is 0.383 e. The van der Waals surface area contributed by atoms with Crippen LogP contribution in [0.1, 0.15) is 36.6 Å². The van der Waals surface area contributed by atoms with Crippen molar-refractivity contribution in [3.8, 4) is 0 Å². The largest absolute Gasteiger partial charge is 0.417 e. The molecule has 1 atom stereocenters. The third-order valence-electron chi connectivity index (χ3n) is 4.31. The second kappa shape index (κ2) is 6.51. The number of nitrogens with two attached hydrogens (primary N) is 1. The van der Waals surface area contributed by atoms with E-state index >= 15 is 0 Å². The third kappa shape index (κ3) is 3.26. The molecule has 1 saturated heterocycles. The summed E-state index contributed by atoms with van der Waals surface area (Å²) in [4.78, 5) is 18.0. The maximum absolute atomic E-state index is 13.5. The molecule has 0 spiro atoms.